The van der Waals surface area contributed by atoms with Gasteiger partial charge in [-0.2, -0.15) is 0 Å². The molecule has 0 spiro atoms. The van der Waals surface area contributed by atoms with Gasteiger partial charge in [-0.05, 0) is 55.0 Å². The molecule has 1 heterocycles. The zero-order chi connectivity index (χ0) is 35.7. The Morgan fingerprint density at radius 1 is 1.02 bits per heavy atom. The predicted molar refractivity (Wildman–Crippen MR) is 182 cm³/mol. The van der Waals surface area contributed by atoms with E-state index in [0.29, 0.717) is 45.5 Å². The molecule has 0 aliphatic carbocycles. The van der Waals surface area contributed by atoms with Gasteiger partial charge in [0.05, 0.1) is 39.4 Å². The molecule has 49 heavy (non-hydrogen) atoms. The van der Waals surface area contributed by atoms with E-state index in [2.05, 4.69) is 5.32 Å². The van der Waals surface area contributed by atoms with E-state index in [4.69, 9.17) is 40.4 Å². The number of ether oxygens (including phenoxy) is 5. The Kier molecular flexibility index (Phi) is 12.5. The molecule has 12 nitrogen and oxygen atoms in total. The second kappa shape index (κ2) is 16.5. The lowest BCUT2D eigenvalue weighted by atomic mass is 9.92. The van der Waals surface area contributed by atoms with Gasteiger partial charge in [-0.1, -0.05) is 37.6 Å². The van der Waals surface area contributed by atoms with E-state index in [9.17, 15) is 19.2 Å². The average Bonchev–Trinajstić information content (AvgIpc) is 3.17. The van der Waals surface area contributed by atoms with Crippen molar-refractivity contribution < 1.29 is 48.0 Å². The minimum absolute atomic E-state index is 0.0555. The summed E-state index contributed by atoms with van der Waals surface area (Å²) >= 11 is 6.51. The smallest absolute Gasteiger partial charge is 0.335 e. The van der Waals surface area contributed by atoms with Gasteiger partial charge in [0.15, 0.2) is 11.5 Å². The number of hydrogen-bond donors (Lipinski definition) is 2. The molecule has 0 bridgehead atoms. The molecule has 1 aliphatic rings. The molecule has 0 fully saturated rings. The van der Waals surface area contributed by atoms with Crippen LogP contribution in [0.3, 0.4) is 0 Å². The highest BCUT2D eigenvalue weighted by Gasteiger charge is 2.41. The molecule has 0 saturated heterocycles. The van der Waals surface area contributed by atoms with Crippen LogP contribution >= 0.6 is 11.6 Å². The molecule has 2 N–H and O–H groups in total. The zero-order valence-corrected chi connectivity index (χ0v) is 28.9. The Bertz CT molecular complexity index is 1660. The summed E-state index contributed by atoms with van der Waals surface area (Å²) in [4.78, 5) is 51.9. The van der Waals surface area contributed by atoms with Crippen molar-refractivity contribution in [3.8, 4) is 17.2 Å². The van der Waals surface area contributed by atoms with Gasteiger partial charge in [-0.3, -0.25) is 14.4 Å². The van der Waals surface area contributed by atoms with Gasteiger partial charge in [0.1, 0.15) is 18.0 Å². The summed E-state index contributed by atoms with van der Waals surface area (Å²) in [7, 11) is 3.02. The second-order valence-electron chi connectivity index (χ2n) is 12.2. The van der Waals surface area contributed by atoms with Gasteiger partial charge >= 0.3 is 11.9 Å². The van der Waals surface area contributed by atoms with Crippen LogP contribution in [0.15, 0.2) is 60.7 Å². The Hall–Kier alpha value is -4.81. The van der Waals surface area contributed by atoms with Crippen LogP contribution in [0, 0.1) is 5.41 Å². The zero-order valence-electron chi connectivity index (χ0n) is 28.1. The van der Waals surface area contributed by atoms with Crippen molar-refractivity contribution in [3.63, 3.8) is 0 Å². The summed E-state index contributed by atoms with van der Waals surface area (Å²) in [5, 5.41) is 12.3. The maximum absolute atomic E-state index is 14.4. The fraction of sp³-hybridized carbons (Fsp3) is 0.389. The van der Waals surface area contributed by atoms with Gasteiger partial charge in [-0.15, -0.1) is 0 Å². The van der Waals surface area contributed by atoms with Crippen molar-refractivity contribution in [2.75, 3.05) is 45.4 Å². The van der Waals surface area contributed by atoms with Crippen molar-refractivity contribution in [1.82, 2.24) is 5.32 Å². The minimum Gasteiger partial charge on any atom is -0.494 e. The number of anilines is 1. The molecule has 0 aromatic heterocycles. The molecular weight excluding hydrogens is 656 g/mol. The van der Waals surface area contributed by atoms with Crippen molar-refractivity contribution in [2.24, 2.45) is 5.41 Å². The molecule has 0 unspecified atom stereocenters. The number of carbonyl (C=O) groups is 4. The van der Waals surface area contributed by atoms with Gasteiger partial charge < -0.3 is 39.0 Å². The van der Waals surface area contributed by atoms with Gasteiger partial charge in [0, 0.05) is 47.3 Å². The number of aromatic carboxylic acids is 1. The maximum atomic E-state index is 14.4. The Labute approximate surface area is 290 Å². The van der Waals surface area contributed by atoms with E-state index >= 15 is 0 Å². The van der Waals surface area contributed by atoms with Gasteiger partial charge in [0.25, 0.3) is 5.91 Å². The third-order valence-corrected chi connectivity index (χ3v) is 7.99. The SMILES string of the molecule is COc1cccc([C@H]2O[C@H](CC(=O)NCCCOc3ccc(C(=O)O)cc3)C(=O)N(CC(C)(C)COC(C)=O)c3ccc(Cl)cc32)c1OC. The summed E-state index contributed by atoms with van der Waals surface area (Å²) in [6.45, 7) is 5.79. The number of esters is 1. The minimum atomic E-state index is -1.22. The normalized spacial score (nSPS) is 15.9. The number of hydrogen-bond acceptors (Lipinski definition) is 9. The first-order chi connectivity index (χ1) is 23.3. The fourth-order valence-electron chi connectivity index (χ4n) is 5.42. The van der Waals surface area contributed by atoms with E-state index in [-0.39, 0.29) is 38.3 Å². The second-order valence-corrected chi connectivity index (χ2v) is 12.7. The molecule has 2 amide bonds. The molecule has 3 aromatic carbocycles. The Morgan fingerprint density at radius 3 is 2.41 bits per heavy atom. The maximum Gasteiger partial charge on any atom is 0.335 e. The van der Waals surface area contributed by atoms with Crippen molar-refractivity contribution in [3.05, 3.63) is 82.4 Å². The number of para-hydroxylation sites is 1. The number of methoxy groups -OCH3 is 2. The number of rotatable bonds is 15. The van der Waals surface area contributed by atoms with Crippen molar-refractivity contribution in [2.45, 2.75) is 45.8 Å². The first-order valence-electron chi connectivity index (χ1n) is 15.7. The van der Waals surface area contributed by atoms with Crippen LogP contribution in [0.2, 0.25) is 5.02 Å². The van der Waals surface area contributed by atoms with E-state index in [0.717, 1.165) is 0 Å². The number of amides is 2. The van der Waals surface area contributed by atoms with Gasteiger partial charge in [-0.25, -0.2) is 4.79 Å². The summed E-state index contributed by atoms with van der Waals surface area (Å²) in [5.74, 6) is -0.970. The van der Waals surface area contributed by atoms with Crippen LogP contribution in [0.4, 0.5) is 5.69 Å². The van der Waals surface area contributed by atoms with Crippen LogP contribution in [-0.2, 0) is 23.9 Å². The lowest BCUT2D eigenvalue weighted by Gasteiger charge is -2.33. The largest absolute Gasteiger partial charge is 0.494 e. The molecule has 13 heteroatoms. The standard InChI is InChI=1S/C36H41ClN2O10/c1-22(40)48-21-36(2,3)20-39-28-15-12-24(37)18-27(28)32(26-8-6-9-29(45-4)33(26)46-5)49-30(34(39)42)19-31(41)38-16-7-17-47-25-13-10-23(11-14-25)35(43)44/h6,8-15,18,30,32H,7,16-17,19-21H2,1-5H3,(H,38,41)(H,43,44)/t30-,32-/m1/s1. The number of halogens is 1. The van der Waals surface area contributed by atoms with E-state index < -0.39 is 41.4 Å². The first-order valence-corrected chi connectivity index (χ1v) is 16.0. The number of benzene rings is 3. The van der Waals surface area contributed by atoms with Crippen LogP contribution in [0.5, 0.6) is 17.2 Å². The van der Waals surface area contributed by atoms with Crippen molar-refractivity contribution in [1.29, 1.82) is 0 Å². The summed E-state index contributed by atoms with van der Waals surface area (Å²) < 4.78 is 28.8. The highest BCUT2D eigenvalue weighted by molar-refractivity contribution is 6.30. The van der Waals surface area contributed by atoms with E-state index in [1.54, 1.807) is 53.4 Å². The van der Waals surface area contributed by atoms with Crippen LogP contribution < -0.4 is 24.4 Å². The fourth-order valence-corrected chi connectivity index (χ4v) is 5.60. The molecule has 0 saturated carbocycles. The monoisotopic (exact) mass is 696 g/mol. The van der Waals surface area contributed by atoms with Gasteiger partial charge in [0.2, 0.25) is 5.91 Å². The molecule has 4 rings (SSSR count). The molecule has 2 atom stereocenters. The van der Waals surface area contributed by atoms with Crippen LogP contribution in [-0.4, -0.2) is 75.5 Å². The topological polar surface area (TPSA) is 150 Å². The molecule has 1 aliphatic heterocycles. The Morgan fingerprint density at radius 2 is 1.76 bits per heavy atom. The molecule has 262 valence electrons. The lowest BCUT2D eigenvalue weighted by Crippen LogP contribution is -2.47. The number of nitrogens with one attached hydrogen (secondary N) is 1. The number of carboxylic acids is 1. The van der Waals surface area contributed by atoms with E-state index in [1.165, 1.54) is 33.3 Å². The number of nitrogens with zero attached hydrogens (tertiary/aromatic N) is 1. The third-order valence-electron chi connectivity index (χ3n) is 7.76. The summed E-state index contributed by atoms with van der Waals surface area (Å²) in [6, 6.07) is 16.5. The predicted octanol–water partition coefficient (Wildman–Crippen LogP) is 5.44. The number of carbonyl (C=O) groups excluding carboxylic acids is 3. The third kappa shape index (κ3) is 9.64. The lowest BCUT2D eigenvalue weighted by molar-refractivity contribution is -0.144. The number of carboxylic acid groups (broad SMARTS) is 1. The van der Waals surface area contributed by atoms with Crippen LogP contribution in [0.25, 0.3) is 0 Å². The molecule has 0 radical (unpaired) electrons. The molecule has 3 aromatic rings. The van der Waals surface area contributed by atoms with E-state index in [1.807, 2.05) is 13.8 Å². The van der Waals surface area contributed by atoms with Crippen molar-refractivity contribution >= 4 is 41.0 Å². The summed E-state index contributed by atoms with van der Waals surface area (Å²) in [6.07, 6.45) is -1.94. The summed E-state index contributed by atoms with van der Waals surface area (Å²) in [5.41, 5.74) is 1.15. The highest BCUT2D eigenvalue weighted by atomic mass is 35.5. The van der Waals surface area contributed by atoms with Crippen LogP contribution in [0.1, 0.15) is 61.2 Å². The first kappa shape index (κ1) is 37.0. The Balaban J connectivity index is 1.59. The molecular formula is C36H41ClN2O10. The quantitative estimate of drug-likeness (QED) is 0.155. The average molecular weight is 697 g/mol. The highest BCUT2D eigenvalue weighted by Crippen LogP contribution is 2.45. The number of fused-ring (bicyclic) bond motifs is 1.